The van der Waals surface area contributed by atoms with Crippen molar-refractivity contribution in [1.82, 2.24) is 4.90 Å². The lowest BCUT2D eigenvalue weighted by molar-refractivity contribution is -0.147. The van der Waals surface area contributed by atoms with Gasteiger partial charge in [0.15, 0.2) is 0 Å². The minimum Gasteiger partial charge on any atom is -0.481 e. The molecule has 0 radical (unpaired) electrons. The number of carbonyl (C=O) groups is 1. The number of hydrogen-bond donors (Lipinski definition) is 1. The minimum atomic E-state index is -4.43. The van der Waals surface area contributed by atoms with Gasteiger partial charge in [-0.1, -0.05) is 54.6 Å². The minimum absolute atomic E-state index is 0.187. The Kier molecular flexibility index (Phi) is 6.58. The molecule has 1 aliphatic rings. The van der Waals surface area contributed by atoms with E-state index in [-0.39, 0.29) is 11.5 Å². The van der Waals surface area contributed by atoms with Crippen molar-refractivity contribution in [1.29, 1.82) is 0 Å². The number of halogens is 3. The topological polar surface area (TPSA) is 40.5 Å². The molecule has 166 valence electrons. The predicted octanol–water partition coefficient (Wildman–Crippen LogP) is 6.18. The van der Waals surface area contributed by atoms with Crippen LogP contribution in [0.3, 0.4) is 0 Å². The maximum atomic E-state index is 13.7. The maximum absolute atomic E-state index is 13.7. The fourth-order valence-corrected chi connectivity index (χ4v) is 4.60. The molecule has 0 aromatic heterocycles. The third-order valence-electron chi connectivity index (χ3n) is 5.52. The highest BCUT2D eigenvalue weighted by Gasteiger charge is 2.34. The third kappa shape index (κ3) is 5.34. The highest BCUT2D eigenvalue weighted by molar-refractivity contribution is 7.98. The van der Waals surface area contributed by atoms with Gasteiger partial charge in [0.1, 0.15) is 0 Å². The van der Waals surface area contributed by atoms with Crippen molar-refractivity contribution < 1.29 is 23.1 Å². The summed E-state index contributed by atoms with van der Waals surface area (Å²) in [6.07, 6.45) is -4.43. The first-order chi connectivity index (χ1) is 15.3. The van der Waals surface area contributed by atoms with E-state index in [1.54, 1.807) is 42.5 Å². The number of carboxylic acid groups (broad SMARTS) is 1. The zero-order valence-electron chi connectivity index (χ0n) is 17.2. The molecule has 0 bridgehead atoms. The molecule has 0 atom stereocenters. The SMILES string of the molecule is O=C(O)C1CN(Cc2ccc(SCc3ccc(-c4ccccc4)c(C(F)(F)F)c3)cc2)C1. The Balaban J connectivity index is 1.40. The predicted molar refractivity (Wildman–Crippen MR) is 119 cm³/mol. The Hall–Kier alpha value is -2.77. The van der Waals surface area contributed by atoms with E-state index < -0.39 is 17.7 Å². The Labute approximate surface area is 188 Å². The molecule has 0 unspecified atom stereocenters. The molecule has 1 heterocycles. The van der Waals surface area contributed by atoms with Crippen molar-refractivity contribution in [3.05, 3.63) is 89.5 Å². The molecule has 0 saturated carbocycles. The van der Waals surface area contributed by atoms with Gasteiger partial charge in [-0.3, -0.25) is 9.69 Å². The van der Waals surface area contributed by atoms with Gasteiger partial charge in [0.2, 0.25) is 0 Å². The summed E-state index contributed by atoms with van der Waals surface area (Å²) in [5.41, 5.74) is 1.82. The van der Waals surface area contributed by atoms with Gasteiger partial charge in [0, 0.05) is 30.3 Å². The number of thioether (sulfide) groups is 1. The standard InChI is InChI=1S/C25H22F3NO2S/c26-25(27,28)23-12-18(8-11-22(23)19-4-2-1-3-5-19)16-32-21-9-6-17(7-10-21)13-29-14-20(15-29)24(30)31/h1-12,20H,13-16H2,(H,30,31). The summed E-state index contributed by atoms with van der Waals surface area (Å²) in [7, 11) is 0. The first-order valence-electron chi connectivity index (χ1n) is 10.2. The molecule has 32 heavy (non-hydrogen) atoms. The van der Waals surface area contributed by atoms with Crippen LogP contribution in [0.2, 0.25) is 0 Å². The van der Waals surface area contributed by atoms with Gasteiger partial charge in [-0.15, -0.1) is 11.8 Å². The van der Waals surface area contributed by atoms with Gasteiger partial charge >= 0.3 is 12.1 Å². The van der Waals surface area contributed by atoms with Gasteiger partial charge in [0.05, 0.1) is 11.5 Å². The number of nitrogens with zero attached hydrogens (tertiary/aromatic N) is 1. The Bertz CT molecular complexity index is 1080. The fraction of sp³-hybridized carbons (Fsp3) is 0.240. The van der Waals surface area contributed by atoms with Crippen LogP contribution in [-0.2, 0) is 23.3 Å². The van der Waals surface area contributed by atoms with Crippen molar-refractivity contribution >= 4 is 17.7 Å². The fourth-order valence-electron chi connectivity index (χ4n) is 3.76. The zero-order valence-corrected chi connectivity index (χ0v) is 18.0. The lowest BCUT2D eigenvalue weighted by Gasteiger charge is -2.36. The molecule has 4 rings (SSSR count). The van der Waals surface area contributed by atoms with E-state index in [2.05, 4.69) is 4.90 Å². The van der Waals surface area contributed by atoms with E-state index in [9.17, 15) is 18.0 Å². The molecule has 0 amide bonds. The van der Waals surface area contributed by atoms with E-state index in [1.807, 2.05) is 24.3 Å². The van der Waals surface area contributed by atoms with E-state index >= 15 is 0 Å². The van der Waals surface area contributed by atoms with Crippen molar-refractivity contribution in [3.63, 3.8) is 0 Å². The van der Waals surface area contributed by atoms with Crippen molar-refractivity contribution in [2.75, 3.05) is 13.1 Å². The van der Waals surface area contributed by atoms with Gasteiger partial charge in [-0.2, -0.15) is 13.2 Å². The molecule has 3 aromatic carbocycles. The van der Waals surface area contributed by atoms with E-state index in [1.165, 1.54) is 17.8 Å². The van der Waals surface area contributed by atoms with Crippen LogP contribution in [-0.4, -0.2) is 29.1 Å². The number of hydrogen-bond acceptors (Lipinski definition) is 3. The van der Waals surface area contributed by atoms with Crippen LogP contribution in [0.4, 0.5) is 13.2 Å². The normalized spacial score (nSPS) is 14.8. The summed E-state index contributed by atoms with van der Waals surface area (Å²) >= 11 is 1.49. The second kappa shape index (κ2) is 9.38. The van der Waals surface area contributed by atoms with Crippen LogP contribution in [0.5, 0.6) is 0 Å². The molecular formula is C25H22F3NO2S. The second-order valence-corrected chi connectivity index (χ2v) is 8.95. The van der Waals surface area contributed by atoms with Gasteiger partial charge < -0.3 is 5.11 Å². The van der Waals surface area contributed by atoms with Crippen LogP contribution >= 0.6 is 11.8 Å². The average molecular weight is 458 g/mol. The highest BCUT2D eigenvalue weighted by atomic mass is 32.2. The first kappa shape index (κ1) is 22.4. The molecule has 3 nitrogen and oxygen atoms in total. The van der Waals surface area contributed by atoms with Crippen molar-refractivity contribution in [3.8, 4) is 11.1 Å². The summed E-state index contributed by atoms with van der Waals surface area (Å²) in [6.45, 7) is 1.82. The summed E-state index contributed by atoms with van der Waals surface area (Å²) in [4.78, 5) is 13.9. The largest absolute Gasteiger partial charge is 0.481 e. The molecular weight excluding hydrogens is 435 g/mol. The van der Waals surface area contributed by atoms with Crippen LogP contribution < -0.4 is 0 Å². The van der Waals surface area contributed by atoms with Crippen LogP contribution in [0, 0.1) is 5.92 Å². The summed E-state index contributed by atoms with van der Waals surface area (Å²) in [6, 6.07) is 21.0. The Morgan fingerprint density at radius 3 is 2.25 bits per heavy atom. The monoisotopic (exact) mass is 457 g/mol. The molecule has 0 spiro atoms. The van der Waals surface area contributed by atoms with Crippen molar-refractivity contribution in [2.24, 2.45) is 5.92 Å². The number of alkyl halides is 3. The summed E-state index contributed by atoms with van der Waals surface area (Å²) < 4.78 is 41.1. The van der Waals surface area contributed by atoms with E-state index in [0.717, 1.165) is 10.5 Å². The zero-order chi connectivity index (χ0) is 22.7. The number of aliphatic carboxylic acids is 1. The molecule has 7 heteroatoms. The van der Waals surface area contributed by atoms with E-state index in [4.69, 9.17) is 5.11 Å². The number of carboxylic acids is 1. The number of benzene rings is 3. The van der Waals surface area contributed by atoms with Gasteiger partial charge in [0.25, 0.3) is 0 Å². The van der Waals surface area contributed by atoms with Gasteiger partial charge in [-0.05, 0) is 40.5 Å². The third-order valence-corrected chi connectivity index (χ3v) is 6.60. The molecule has 1 fully saturated rings. The lowest BCUT2D eigenvalue weighted by Crippen LogP contribution is -2.49. The number of likely N-dealkylation sites (tertiary alicyclic amines) is 1. The van der Waals surface area contributed by atoms with Gasteiger partial charge in [-0.25, -0.2) is 0 Å². The van der Waals surface area contributed by atoms with E-state index in [0.29, 0.717) is 36.5 Å². The average Bonchev–Trinajstić information content (AvgIpc) is 2.75. The lowest BCUT2D eigenvalue weighted by atomic mass is 9.97. The second-order valence-electron chi connectivity index (χ2n) is 7.91. The maximum Gasteiger partial charge on any atom is 0.417 e. The summed E-state index contributed by atoms with van der Waals surface area (Å²) in [5, 5.41) is 8.95. The van der Waals surface area contributed by atoms with Crippen LogP contribution in [0.1, 0.15) is 16.7 Å². The molecule has 1 aliphatic heterocycles. The Morgan fingerprint density at radius 2 is 1.62 bits per heavy atom. The van der Waals surface area contributed by atoms with Crippen LogP contribution in [0.15, 0.2) is 77.7 Å². The van der Waals surface area contributed by atoms with Crippen molar-refractivity contribution in [2.45, 2.75) is 23.4 Å². The molecule has 1 N–H and O–H groups in total. The van der Waals surface area contributed by atoms with Crippen LogP contribution in [0.25, 0.3) is 11.1 Å². The summed E-state index contributed by atoms with van der Waals surface area (Å²) in [5.74, 6) is -0.595. The smallest absolute Gasteiger partial charge is 0.417 e. The first-order valence-corrected chi connectivity index (χ1v) is 11.2. The Morgan fingerprint density at radius 1 is 0.969 bits per heavy atom. The molecule has 0 aliphatic carbocycles. The quantitative estimate of drug-likeness (QED) is 0.430. The molecule has 1 saturated heterocycles. The molecule has 3 aromatic rings. The highest BCUT2D eigenvalue weighted by Crippen LogP contribution is 2.38. The number of rotatable bonds is 7.